The molecule has 0 heterocycles. The van der Waals surface area contributed by atoms with Crippen LogP contribution in [0.25, 0.3) is 0 Å². The highest BCUT2D eigenvalue weighted by atomic mass is 16.5. The van der Waals surface area contributed by atoms with E-state index in [4.69, 9.17) is 9.84 Å². The van der Waals surface area contributed by atoms with Gasteiger partial charge in [-0.25, -0.2) is 0 Å². The van der Waals surface area contributed by atoms with E-state index in [0.29, 0.717) is 19.6 Å². The average molecular weight is 230 g/mol. The molecule has 0 aliphatic heterocycles. The fourth-order valence-electron chi connectivity index (χ4n) is 1.50. The maximum absolute atomic E-state index is 11.1. The van der Waals surface area contributed by atoms with E-state index in [1.54, 1.807) is 0 Å². The number of unbranched alkanes of at least 4 members (excludes halogenated alkanes) is 6. The SMILES string of the molecule is CCCCC(=O)OCCCCCCCCO. The normalized spacial score (nSPS) is 10.4. The van der Waals surface area contributed by atoms with Crippen molar-refractivity contribution in [2.24, 2.45) is 0 Å². The van der Waals surface area contributed by atoms with Gasteiger partial charge < -0.3 is 9.84 Å². The van der Waals surface area contributed by atoms with Crippen LogP contribution >= 0.6 is 0 Å². The van der Waals surface area contributed by atoms with Gasteiger partial charge in [-0.3, -0.25) is 4.79 Å². The first-order valence-corrected chi connectivity index (χ1v) is 6.57. The standard InChI is InChI=1S/C13H26O3/c1-2-3-10-13(15)16-12-9-7-5-4-6-8-11-14/h14H,2-12H2,1H3. The van der Waals surface area contributed by atoms with Crippen molar-refractivity contribution in [3.8, 4) is 0 Å². The monoisotopic (exact) mass is 230 g/mol. The fourth-order valence-corrected chi connectivity index (χ4v) is 1.50. The molecule has 0 saturated carbocycles. The zero-order chi connectivity index (χ0) is 12.1. The minimum Gasteiger partial charge on any atom is -0.466 e. The summed E-state index contributed by atoms with van der Waals surface area (Å²) in [6.45, 7) is 2.94. The zero-order valence-corrected chi connectivity index (χ0v) is 10.5. The molecule has 0 amide bonds. The predicted octanol–water partition coefficient (Wildman–Crippen LogP) is 3.05. The van der Waals surface area contributed by atoms with Crippen LogP contribution in [0.3, 0.4) is 0 Å². The highest BCUT2D eigenvalue weighted by Crippen LogP contribution is 2.05. The Morgan fingerprint density at radius 2 is 1.62 bits per heavy atom. The maximum atomic E-state index is 11.1. The van der Waals surface area contributed by atoms with Crippen LogP contribution in [0.2, 0.25) is 0 Å². The van der Waals surface area contributed by atoms with Crippen molar-refractivity contribution < 1.29 is 14.6 Å². The lowest BCUT2D eigenvalue weighted by Crippen LogP contribution is -2.05. The van der Waals surface area contributed by atoms with Gasteiger partial charge in [0.1, 0.15) is 0 Å². The van der Waals surface area contributed by atoms with Gasteiger partial charge in [0.2, 0.25) is 0 Å². The van der Waals surface area contributed by atoms with Crippen molar-refractivity contribution in [1.82, 2.24) is 0 Å². The van der Waals surface area contributed by atoms with Crippen LogP contribution in [-0.4, -0.2) is 24.3 Å². The molecule has 1 N–H and O–H groups in total. The summed E-state index contributed by atoms with van der Waals surface area (Å²) in [6.07, 6.45) is 8.98. The number of ether oxygens (including phenoxy) is 1. The quantitative estimate of drug-likeness (QED) is 0.438. The van der Waals surface area contributed by atoms with Gasteiger partial charge in [-0.15, -0.1) is 0 Å². The van der Waals surface area contributed by atoms with E-state index in [1.807, 2.05) is 0 Å². The Kier molecular flexibility index (Phi) is 12.1. The van der Waals surface area contributed by atoms with Crippen LogP contribution in [-0.2, 0) is 9.53 Å². The molecule has 0 unspecified atom stereocenters. The molecule has 16 heavy (non-hydrogen) atoms. The first kappa shape index (κ1) is 15.4. The summed E-state index contributed by atoms with van der Waals surface area (Å²) in [5.41, 5.74) is 0. The van der Waals surface area contributed by atoms with Gasteiger partial charge in [0.25, 0.3) is 0 Å². The number of hydrogen-bond acceptors (Lipinski definition) is 3. The molecule has 0 bridgehead atoms. The molecule has 3 nitrogen and oxygen atoms in total. The van der Waals surface area contributed by atoms with Gasteiger partial charge in [0, 0.05) is 13.0 Å². The average Bonchev–Trinajstić information content (AvgIpc) is 2.30. The van der Waals surface area contributed by atoms with Crippen LogP contribution < -0.4 is 0 Å². The topological polar surface area (TPSA) is 46.5 Å². The molecule has 0 radical (unpaired) electrons. The van der Waals surface area contributed by atoms with E-state index in [1.165, 1.54) is 12.8 Å². The lowest BCUT2D eigenvalue weighted by molar-refractivity contribution is -0.143. The molecule has 0 aliphatic carbocycles. The van der Waals surface area contributed by atoms with Crippen molar-refractivity contribution in [2.75, 3.05) is 13.2 Å². The molecule has 0 atom stereocenters. The van der Waals surface area contributed by atoms with Gasteiger partial charge in [0.15, 0.2) is 0 Å². The van der Waals surface area contributed by atoms with Crippen molar-refractivity contribution in [3.05, 3.63) is 0 Å². The number of aliphatic hydroxyl groups excluding tert-OH is 1. The highest BCUT2D eigenvalue weighted by Gasteiger charge is 2.00. The summed E-state index contributed by atoms with van der Waals surface area (Å²) < 4.78 is 5.09. The third kappa shape index (κ3) is 11.5. The third-order valence-electron chi connectivity index (χ3n) is 2.55. The lowest BCUT2D eigenvalue weighted by atomic mass is 10.1. The Morgan fingerprint density at radius 1 is 1.00 bits per heavy atom. The smallest absolute Gasteiger partial charge is 0.305 e. The second-order valence-corrected chi connectivity index (χ2v) is 4.17. The molecule has 0 aromatic carbocycles. The number of carbonyl (C=O) groups is 1. The largest absolute Gasteiger partial charge is 0.466 e. The first-order valence-electron chi connectivity index (χ1n) is 6.57. The zero-order valence-electron chi connectivity index (χ0n) is 10.5. The van der Waals surface area contributed by atoms with Crippen LogP contribution in [0.4, 0.5) is 0 Å². The molecule has 0 rings (SSSR count). The Bertz CT molecular complexity index is 157. The van der Waals surface area contributed by atoms with Crippen LogP contribution in [0, 0.1) is 0 Å². The summed E-state index contributed by atoms with van der Waals surface area (Å²) in [7, 11) is 0. The number of hydrogen-bond donors (Lipinski definition) is 1. The molecule has 3 heteroatoms. The second kappa shape index (κ2) is 12.5. The minimum absolute atomic E-state index is 0.0536. The Balaban J connectivity index is 3.05. The molecular formula is C13H26O3. The van der Waals surface area contributed by atoms with Crippen molar-refractivity contribution in [1.29, 1.82) is 0 Å². The van der Waals surface area contributed by atoms with E-state index in [9.17, 15) is 4.79 Å². The maximum Gasteiger partial charge on any atom is 0.305 e. The van der Waals surface area contributed by atoms with Crippen LogP contribution in [0.15, 0.2) is 0 Å². The van der Waals surface area contributed by atoms with Gasteiger partial charge in [0.05, 0.1) is 6.61 Å². The van der Waals surface area contributed by atoms with Gasteiger partial charge in [-0.05, 0) is 19.3 Å². The van der Waals surface area contributed by atoms with E-state index in [-0.39, 0.29) is 5.97 Å². The Labute approximate surface area is 99.2 Å². The molecule has 0 fully saturated rings. The van der Waals surface area contributed by atoms with Crippen molar-refractivity contribution >= 4 is 5.97 Å². The minimum atomic E-state index is -0.0536. The molecule has 0 aliphatic rings. The van der Waals surface area contributed by atoms with Gasteiger partial charge in [-0.1, -0.05) is 39.0 Å². The van der Waals surface area contributed by atoms with E-state index < -0.39 is 0 Å². The van der Waals surface area contributed by atoms with Crippen molar-refractivity contribution in [3.63, 3.8) is 0 Å². The molecular weight excluding hydrogens is 204 g/mol. The number of esters is 1. The summed E-state index contributed by atoms with van der Waals surface area (Å²) >= 11 is 0. The van der Waals surface area contributed by atoms with E-state index in [2.05, 4.69) is 6.92 Å². The Morgan fingerprint density at radius 3 is 2.25 bits per heavy atom. The number of aliphatic hydroxyl groups is 1. The molecule has 0 aromatic heterocycles. The molecule has 0 spiro atoms. The highest BCUT2D eigenvalue weighted by molar-refractivity contribution is 5.69. The van der Waals surface area contributed by atoms with Gasteiger partial charge in [-0.2, -0.15) is 0 Å². The summed E-state index contributed by atoms with van der Waals surface area (Å²) in [4.78, 5) is 11.1. The van der Waals surface area contributed by atoms with Crippen LogP contribution in [0.1, 0.15) is 64.7 Å². The number of rotatable bonds is 11. The first-order chi connectivity index (χ1) is 7.81. The predicted molar refractivity (Wildman–Crippen MR) is 65.3 cm³/mol. The van der Waals surface area contributed by atoms with Gasteiger partial charge >= 0.3 is 5.97 Å². The fraction of sp³-hybridized carbons (Fsp3) is 0.923. The van der Waals surface area contributed by atoms with Crippen LogP contribution in [0.5, 0.6) is 0 Å². The number of carbonyl (C=O) groups excluding carboxylic acids is 1. The molecule has 0 saturated heterocycles. The van der Waals surface area contributed by atoms with E-state index >= 15 is 0 Å². The summed E-state index contributed by atoms with van der Waals surface area (Å²) in [5.74, 6) is -0.0536. The van der Waals surface area contributed by atoms with E-state index in [0.717, 1.165) is 38.5 Å². The second-order valence-electron chi connectivity index (χ2n) is 4.17. The Hall–Kier alpha value is -0.570. The molecule has 96 valence electrons. The molecule has 0 aromatic rings. The third-order valence-corrected chi connectivity index (χ3v) is 2.55. The summed E-state index contributed by atoms with van der Waals surface area (Å²) in [6, 6.07) is 0. The lowest BCUT2D eigenvalue weighted by Gasteiger charge is -2.04. The summed E-state index contributed by atoms with van der Waals surface area (Å²) in [5, 5.41) is 8.58. The van der Waals surface area contributed by atoms with Crippen molar-refractivity contribution in [2.45, 2.75) is 64.7 Å².